The van der Waals surface area contributed by atoms with Gasteiger partial charge < -0.3 is 9.79 Å². The maximum Gasteiger partial charge on any atom is 0.339 e. The van der Waals surface area contributed by atoms with Crippen LogP contribution < -0.4 is 0 Å². The quantitative estimate of drug-likeness (QED) is 0.445. The van der Waals surface area contributed by atoms with Crippen molar-refractivity contribution in [3.63, 3.8) is 0 Å². The Labute approximate surface area is 137 Å². The molecular weight excluding hydrogens is 297 g/mol. The molecule has 134 valence electrons. The maximum atomic E-state index is 11.5. The largest absolute Gasteiger partial charge is 0.339 e. The third-order valence-electron chi connectivity index (χ3n) is 4.50. The molecular formula is C17H38NO3P. The Morgan fingerprint density at radius 2 is 1.27 bits per heavy atom. The second-order valence-corrected chi connectivity index (χ2v) is 8.29. The Kier molecular flexibility index (Phi) is 12.6. The fraction of sp³-hybridized carbons (Fsp3) is 1.00. The normalized spacial score (nSPS) is 15.2. The number of rotatable bonds is 14. The highest BCUT2D eigenvalue weighted by Crippen LogP contribution is 2.36. The molecule has 0 amide bonds. The highest BCUT2D eigenvalue weighted by molar-refractivity contribution is 7.51. The Hall–Kier alpha value is 0.110. The van der Waals surface area contributed by atoms with Crippen molar-refractivity contribution in [3.05, 3.63) is 0 Å². The predicted octanol–water partition coefficient (Wildman–Crippen LogP) is 4.86. The smallest absolute Gasteiger partial charge is 0.324 e. The van der Waals surface area contributed by atoms with E-state index in [4.69, 9.17) is 0 Å². The predicted molar refractivity (Wildman–Crippen MR) is 95.1 cm³/mol. The SMILES string of the molecule is CCCCC(CC)CN(CC(CC)CCCC)CP(=O)(O)O. The summed E-state index contributed by atoms with van der Waals surface area (Å²) < 4.78 is 11.5. The molecule has 0 rings (SSSR count). The van der Waals surface area contributed by atoms with Gasteiger partial charge >= 0.3 is 7.60 Å². The lowest BCUT2D eigenvalue weighted by Crippen LogP contribution is -2.34. The zero-order chi connectivity index (χ0) is 17.0. The van der Waals surface area contributed by atoms with Crippen LogP contribution in [0.25, 0.3) is 0 Å². The Morgan fingerprint density at radius 1 is 0.864 bits per heavy atom. The van der Waals surface area contributed by atoms with Crippen LogP contribution in [0.1, 0.15) is 79.1 Å². The van der Waals surface area contributed by atoms with Gasteiger partial charge in [-0.2, -0.15) is 0 Å². The van der Waals surface area contributed by atoms with Crippen molar-refractivity contribution >= 4 is 7.60 Å². The van der Waals surface area contributed by atoms with Crippen LogP contribution in [0.3, 0.4) is 0 Å². The Balaban J connectivity index is 4.68. The second-order valence-electron chi connectivity index (χ2n) is 6.68. The number of nitrogens with zero attached hydrogens (tertiary/aromatic N) is 1. The van der Waals surface area contributed by atoms with E-state index in [9.17, 15) is 14.4 Å². The Bertz CT molecular complexity index is 288. The highest BCUT2D eigenvalue weighted by Gasteiger charge is 2.23. The molecule has 0 heterocycles. The molecule has 2 atom stereocenters. The molecule has 0 bridgehead atoms. The molecule has 5 heteroatoms. The second kappa shape index (κ2) is 12.5. The molecule has 0 aromatic heterocycles. The molecule has 4 nitrogen and oxygen atoms in total. The van der Waals surface area contributed by atoms with E-state index in [0.29, 0.717) is 11.8 Å². The summed E-state index contributed by atoms with van der Waals surface area (Å²) in [7, 11) is -3.98. The van der Waals surface area contributed by atoms with Gasteiger partial charge in [-0.3, -0.25) is 9.46 Å². The molecule has 0 saturated heterocycles. The molecule has 0 aromatic carbocycles. The van der Waals surface area contributed by atoms with Crippen molar-refractivity contribution in [2.24, 2.45) is 11.8 Å². The molecule has 22 heavy (non-hydrogen) atoms. The van der Waals surface area contributed by atoms with Crippen LogP contribution in [-0.4, -0.2) is 34.1 Å². The van der Waals surface area contributed by atoms with Crippen LogP contribution in [0.5, 0.6) is 0 Å². The fourth-order valence-corrected chi connectivity index (χ4v) is 3.77. The average molecular weight is 335 g/mol. The standard InChI is InChI=1S/C17H38NO3P/c1-5-9-11-16(7-3)13-18(15-22(19,20)21)14-17(8-4)12-10-6-2/h16-17H,5-15H2,1-4H3,(H2,19,20,21). The first kappa shape index (κ1) is 22.1. The van der Waals surface area contributed by atoms with Crippen molar-refractivity contribution in [2.75, 3.05) is 19.4 Å². The number of hydrogen-bond donors (Lipinski definition) is 2. The maximum absolute atomic E-state index is 11.5. The van der Waals surface area contributed by atoms with Gasteiger partial charge in [0.05, 0.1) is 0 Å². The number of unbranched alkanes of at least 4 members (excludes halogenated alkanes) is 2. The third-order valence-corrected chi connectivity index (χ3v) is 5.27. The summed E-state index contributed by atoms with van der Waals surface area (Å²) in [5, 5.41) is 0. The summed E-state index contributed by atoms with van der Waals surface area (Å²) >= 11 is 0. The molecule has 0 saturated carbocycles. The van der Waals surface area contributed by atoms with E-state index in [1.165, 1.54) is 25.7 Å². The van der Waals surface area contributed by atoms with Gasteiger partial charge in [0.2, 0.25) is 0 Å². The van der Waals surface area contributed by atoms with Crippen LogP contribution in [-0.2, 0) is 4.57 Å². The lowest BCUT2D eigenvalue weighted by Gasteiger charge is -2.30. The first-order chi connectivity index (χ1) is 10.4. The highest BCUT2D eigenvalue weighted by atomic mass is 31.2. The molecule has 2 unspecified atom stereocenters. The van der Waals surface area contributed by atoms with E-state index in [2.05, 4.69) is 27.7 Å². The van der Waals surface area contributed by atoms with Crippen molar-refractivity contribution in [2.45, 2.75) is 79.1 Å². The zero-order valence-electron chi connectivity index (χ0n) is 15.1. The van der Waals surface area contributed by atoms with Gasteiger partial charge in [-0.05, 0) is 24.7 Å². The van der Waals surface area contributed by atoms with E-state index in [-0.39, 0.29) is 6.29 Å². The molecule has 0 radical (unpaired) electrons. The van der Waals surface area contributed by atoms with Gasteiger partial charge in [-0.1, -0.05) is 66.2 Å². The van der Waals surface area contributed by atoms with Gasteiger partial charge in [0, 0.05) is 13.1 Å². The topological polar surface area (TPSA) is 60.8 Å². The van der Waals surface area contributed by atoms with E-state index in [1.54, 1.807) is 0 Å². The molecule has 0 aliphatic heterocycles. The first-order valence-electron chi connectivity index (χ1n) is 9.13. The Morgan fingerprint density at radius 3 is 1.55 bits per heavy atom. The van der Waals surface area contributed by atoms with Crippen LogP contribution in [0.15, 0.2) is 0 Å². The van der Waals surface area contributed by atoms with Crippen molar-refractivity contribution in [1.29, 1.82) is 0 Å². The first-order valence-corrected chi connectivity index (χ1v) is 10.9. The fourth-order valence-electron chi connectivity index (χ4n) is 3.02. The van der Waals surface area contributed by atoms with Gasteiger partial charge in [0.25, 0.3) is 0 Å². The minimum Gasteiger partial charge on any atom is -0.324 e. The van der Waals surface area contributed by atoms with Gasteiger partial charge in [0.1, 0.15) is 6.29 Å². The molecule has 0 fully saturated rings. The van der Waals surface area contributed by atoms with Gasteiger partial charge in [0.15, 0.2) is 0 Å². The van der Waals surface area contributed by atoms with Gasteiger partial charge in [-0.25, -0.2) is 0 Å². The summed E-state index contributed by atoms with van der Waals surface area (Å²) in [5.41, 5.74) is 0. The summed E-state index contributed by atoms with van der Waals surface area (Å²) in [6.07, 6.45) is 9.19. The number of hydrogen-bond acceptors (Lipinski definition) is 2. The third kappa shape index (κ3) is 11.6. The molecule has 0 spiro atoms. The van der Waals surface area contributed by atoms with E-state index in [1.807, 2.05) is 4.90 Å². The minimum absolute atomic E-state index is 0.0851. The van der Waals surface area contributed by atoms with Crippen molar-refractivity contribution < 1.29 is 14.4 Å². The molecule has 2 N–H and O–H groups in total. The average Bonchev–Trinajstić information content (AvgIpc) is 2.45. The summed E-state index contributed by atoms with van der Waals surface area (Å²) in [4.78, 5) is 20.8. The van der Waals surface area contributed by atoms with Crippen molar-refractivity contribution in [1.82, 2.24) is 4.90 Å². The zero-order valence-corrected chi connectivity index (χ0v) is 16.0. The lowest BCUT2D eigenvalue weighted by molar-refractivity contribution is 0.192. The molecule has 0 aromatic rings. The van der Waals surface area contributed by atoms with Crippen molar-refractivity contribution in [3.8, 4) is 0 Å². The summed E-state index contributed by atoms with van der Waals surface area (Å²) in [6.45, 7) is 10.4. The van der Waals surface area contributed by atoms with E-state index < -0.39 is 7.60 Å². The van der Waals surface area contributed by atoms with Crippen LogP contribution in [0, 0.1) is 11.8 Å². The van der Waals surface area contributed by atoms with E-state index >= 15 is 0 Å². The molecule has 0 aliphatic carbocycles. The minimum atomic E-state index is -3.98. The van der Waals surface area contributed by atoms with E-state index in [0.717, 1.165) is 38.8 Å². The van der Waals surface area contributed by atoms with Gasteiger partial charge in [-0.15, -0.1) is 0 Å². The lowest BCUT2D eigenvalue weighted by atomic mass is 9.96. The summed E-state index contributed by atoms with van der Waals surface area (Å²) in [6, 6.07) is 0. The summed E-state index contributed by atoms with van der Waals surface area (Å²) in [5.74, 6) is 1.10. The van der Waals surface area contributed by atoms with Crippen LogP contribution in [0.2, 0.25) is 0 Å². The van der Waals surface area contributed by atoms with Crippen LogP contribution >= 0.6 is 7.60 Å². The monoisotopic (exact) mass is 335 g/mol. The van der Waals surface area contributed by atoms with Crippen LogP contribution in [0.4, 0.5) is 0 Å². The molecule has 0 aliphatic rings.